The number of rotatable bonds is 0. The van der Waals surface area contributed by atoms with Gasteiger partial charge in [0.2, 0.25) is 0 Å². The van der Waals surface area contributed by atoms with E-state index in [1.165, 1.54) is 19.3 Å². The summed E-state index contributed by atoms with van der Waals surface area (Å²) in [4.78, 5) is 11.4. The summed E-state index contributed by atoms with van der Waals surface area (Å²) in [6, 6.07) is 0. The maximum absolute atomic E-state index is 11.4. The molecule has 0 spiro atoms. The monoisotopic (exact) mass is 226 g/mol. The molecule has 16 heavy (non-hydrogen) atoms. The molecular weight excluding hydrogens is 200 g/mol. The second kappa shape index (κ2) is 6.27. The molecule has 3 fully saturated rings. The normalized spacial score (nSPS) is 38.6. The third kappa shape index (κ3) is 2.26. The Bertz CT molecular complexity index is 225. The first kappa shape index (κ1) is 13.5. The lowest BCUT2D eigenvalue weighted by Crippen LogP contribution is -2.36. The largest absolute Gasteiger partial charge is 0.465 e. The highest BCUT2D eigenvalue weighted by Gasteiger charge is 2.52. The van der Waals surface area contributed by atoms with Gasteiger partial charge in [0.1, 0.15) is 0 Å². The van der Waals surface area contributed by atoms with Gasteiger partial charge in [-0.1, -0.05) is 27.7 Å². The molecule has 2 aliphatic carbocycles. The van der Waals surface area contributed by atoms with Gasteiger partial charge < -0.3 is 4.74 Å². The molecule has 1 heterocycles. The fourth-order valence-electron chi connectivity index (χ4n) is 3.58. The molecule has 3 aliphatic rings. The number of hydrogen-bond acceptors (Lipinski definition) is 2. The van der Waals surface area contributed by atoms with E-state index in [1.54, 1.807) is 0 Å². The van der Waals surface area contributed by atoms with Crippen molar-refractivity contribution >= 4 is 5.97 Å². The minimum Gasteiger partial charge on any atom is -0.465 e. The van der Waals surface area contributed by atoms with Gasteiger partial charge in [-0.2, -0.15) is 0 Å². The van der Waals surface area contributed by atoms with Gasteiger partial charge in [-0.05, 0) is 43.4 Å². The van der Waals surface area contributed by atoms with Gasteiger partial charge in [0.15, 0.2) is 0 Å². The molecule has 0 radical (unpaired) electrons. The molecule has 0 aromatic carbocycles. The van der Waals surface area contributed by atoms with Crippen LogP contribution in [-0.2, 0) is 9.53 Å². The van der Waals surface area contributed by atoms with Crippen molar-refractivity contribution in [1.82, 2.24) is 0 Å². The molecule has 94 valence electrons. The molecule has 2 saturated carbocycles. The van der Waals surface area contributed by atoms with E-state index in [9.17, 15) is 4.79 Å². The summed E-state index contributed by atoms with van der Waals surface area (Å²) in [7, 11) is 0. The maximum Gasteiger partial charge on any atom is 0.309 e. The first-order chi connectivity index (χ1) is 7.86. The van der Waals surface area contributed by atoms with Crippen LogP contribution in [-0.4, -0.2) is 12.6 Å². The van der Waals surface area contributed by atoms with Crippen molar-refractivity contribution in [1.29, 1.82) is 0 Å². The molecule has 4 unspecified atom stereocenters. The van der Waals surface area contributed by atoms with Crippen molar-refractivity contribution in [2.45, 2.75) is 53.4 Å². The second-order valence-electron chi connectivity index (χ2n) is 4.48. The lowest BCUT2D eigenvalue weighted by atomic mass is 9.76. The van der Waals surface area contributed by atoms with Crippen LogP contribution < -0.4 is 0 Å². The molecule has 1 aliphatic heterocycles. The number of carbonyl (C=O) groups excluding carboxylic acids is 1. The summed E-state index contributed by atoms with van der Waals surface area (Å²) >= 11 is 0. The van der Waals surface area contributed by atoms with Gasteiger partial charge >= 0.3 is 5.97 Å². The zero-order valence-electron chi connectivity index (χ0n) is 11.2. The molecule has 4 atom stereocenters. The number of carbonyl (C=O) groups is 1. The average molecular weight is 226 g/mol. The van der Waals surface area contributed by atoms with E-state index in [4.69, 9.17) is 4.74 Å². The third-order valence-electron chi connectivity index (χ3n) is 4.06. The summed E-state index contributed by atoms with van der Waals surface area (Å²) in [5.74, 6) is 2.67. The summed E-state index contributed by atoms with van der Waals surface area (Å²) in [6.07, 6.45) is 5.10. The van der Waals surface area contributed by atoms with Gasteiger partial charge in [0.25, 0.3) is 0 Å². The number of fused-ring (bicyclic) bond motifs is 5. The molecule has 0 amide bonds. The third-order valence-corrected chi connectivity index (χ3v) is 4.06. The zero-order chi connectivity index (χ0) is 12.1. The van der Waals surface area contributed by atoms with Crippen LogP contribution in [0.1, 0.15) is 53.4 Å². The van der Waals surface area contributed by atoms with Crippen LogP contribution in [0.15, 0.2) is 0 Å². The van der Waals surface area contributed by atoms with Crippen LogP contribution in [0.3, 0.4) is 0 Å². The Kier molecular flexibility index (Phi) is 5.30. The Morgan fingerprint density at radius 2 is 1.62 bits per heavy atom. The van der Waals surface area contributed by atoms with Crippen LogP contribution in [0, 0.1) is 23.7 Å². The predicted molar refractivity (Wildman–Crippen MR) is 66.1 cm³/mol. The highest BCUT2D eigenvalue weighted by atomic mass is 16.5. The molecule has 2 bridgehead atoms. The van der Waals surface area contributed by atoms with E-state index in [2.05, 4.69) is 0 Å². The minimum absolute atomic E-state index is 0.110. The van der Waals surface area contributed by atoms with Crippen LogP contribution in [0.4, 0.5) is 0 Å². The van der Waals surface area contributed by atoms with E-state index < -0.39 is 0 Å². The quantitative estimate of drug-likeness (QED) is 0.589. The van der Waals surface area contributed by atoms with Gasteiger partial charge in [-0.15, -0.1) is 0 Å². The van der Waals surface area contributed by atoms with E-state index in [0.29, 0.717) is 24.4 Å². The number of ether oxygens (including phenoxy) is 1. The SMILES string of the molecule is CC.CC.O=C1OCCC2C3CCC(C3)C12. The predicted octanol–water partition coefficient (Wildman–Crippen LogP) is 3.65. The first-order valence-electron chi connectivity index (χ1n) is 7.03. The topological polar surface area (TPSA) is 26.3 Å². The van der Waals surface area contributed by atoms with Crippen molar-refractivity contribution in [3.8, 4) is 0 Å². The maximum atomic E-state index is 11.4. The lowest BCUT2D eigenvalue weighted by Gasteiger charge is -2.33. The van der Waals surface area contributed by atoms with Crippen LogP contribution in [0.2, 0.25) is 0 Å². The Balaban J connectivity index is 0.000000291. The molecule has 0 aromatic rings. The van der Waals surface area contributed by atoms with E-state index >= 15 is 0 Å². The minimum atomic E-state index is 0.110. The summed E-state index contributed by atoms with van der Waals surface area (Å²) in [5.41, 5.74) is 0. The van der Waals surface area contributed by atoms with Gasteiger partial charge in [0, 0.05) is 0 Å². The van der Waals surface area contributed by atoms with Crippen LogP contribution >= 0.6 is 0 Å². The van der Waals surface area contributed by atoms with E-state index in [1.807, 2.05) is 27.7 Å². The number of esters is 1. The molecule has 0 aromatic heterocycles. The highest BCUT2D eigenvalue weighted by molar-refractivity contribution is 5.74. The van der Waals surface area contributed by atoms with Crippen molar-refractivity contribution < 1.29 is 9.53 Å². The van der Waals surface area contributed by atoms with Crippen molar-refractivity contribution in [2.24, 2.45) is 23.7 Å². The molecule has 2 heteroatoms. The molecule has 0 N–H and O–H groups in total. The summed E-state index contributed by atoms with van der Waals surface area (Å²) < 4.78 is 5.11. The Labute approximate surface area is 99.8 Å². The van der Waals surface area contributed by atoms with Crippen molar-refractivity contribution in [2.75, 3.05) is 6.61 Å². The zero-order valence-corrected chi connectivity index (χ0v) is 11.2. The van der Waals surface area contributed by atoms with Gasteiger partial charge in [-0.3, -0.25) is 4.79 Å². The van der Waals surface area contributed by atoms with E-state index in [-0.39, 0.29) is 5.97 Å². The highest BCUT2D eigenvalue weighted by Crippen LogP contribution is 2.54. The summed E-state index contributed by atoms with van der Waals surface area (Å²) in [6.45, 7) is 8.68. The first-order valence-corrected chi connectivity index (χ1v) is 7.03. The molecule has 1 saturated heterocycles. The lowest BCUT2D eigenvalue weighted by molar-refractivity contribution is -0.159. The van der Waals surface area contributed by atoms with Crippen LogP contribution in [0.25, 0.3) is 0 Å². The van der Waals surface area contributed by atoms with Gasteiger partial charge in [0.05, 0.1) is 12.5 Å². The average Bonchev–Trinajstić information content (AvgIpc) is 2.96. The van der Waals surface area contributed by atoms with Gasteiger partial charge in [-0.25, -0.2) is 0 Å². The van der Waals surface area contributed by atoms with Crippen molar-refractivity contribution in [3.05, 3.63) is 0 Å². The Morgan fingerprint density at radius 3 is 2.25 bits per heavy atom. The number of cyclic esters (lactones) is 1. The second-order valence-corrected chi connectivity index (χ2v) is 4.48. The number of hydrogen-bond donors (Lipinski definition) is 0. The Morgan fingerprint density at radius 1 is 1.00 bits per heavy atom. The fraction of sp³-hybridized carbons (Fsp3) is 0.929. The fourth-order valence-corrected chi connectivity index (χ4v) is 3.58. The standard InChI is InChI=1S/C10H14O2.2C2H6/c11-10-9-7-2-1-6(5-7)8(9)3-4-12-10;2*1-2/h6-9H,1-5H2;2*1-2H3. The molecule has 3 rings (SSSR count). The summed E-state index contributed by atoms with van der Waals surface area (Å²) in [5, 5.41) is 0. The molecule has 2 nitrogen and oxygen atoms in total. The van der Waals surface area contributed by atoms with Crippen molar-refractivity contribution in [3.63, 3.8) is 0 Å². The smallest absolute Gasteiger partial charge is 0.309 e. The van der Waals surface area contributed by atoms with E-state index in [0.717, 1.165) is 12.3 Å². The Hall–Kier alpha value is -0.530. The van der Waals surface area contributed by atoms with Crippen LogP contribution in [0.5, 0.6) is 0 Å². The molecular formula is C14H26O2.